The van der Waals surface area contributed by atoms with Crippen molar-refractivity contribution in [2.45, 2.75) is 63.5 Å². The van der Waals surface area contributed by atoms with Crippen LogP contribution in [-0.2, 0) is 25.3 Å². The number of carbonyl (C=O) groups excluding carboxylic acids is 1. The monoisotopic (exact) mass is 597 g/mol. The maximum absolute atomic E-state index is 13.9. The number of nitrogens with one attached hydrogen (secondary N) is 2. The molecule has 1 amide bonds. The van der Waals surface area contributed by atoms with E-state index in [1.54, 1.807) is 22.6 Å². The van der Waals surface area contributed by atoms with Gasteiger partial charge in [-0.05, 0) is 62.5 Å². The maximum Gasteiger partial charge on any atom is 0.329 e. The zero-order chi connectivity index (χ0) is 30.5. The SMILES string of the molecule is COc1nn(C)cc1-c1[nH]c2ncc3c(c2c1-c1ccc(CCCO)cc1)n(C1CCC(NC(=O)C2CC2)CC1)c(=O)n3C. The van der Waals surface area contributed by atoms with Crippen LogP contribution in [0, 0.1) is 5.92 Å². The fourth-order valence-corrected chi connectivity index (χ4v) is 6.86. The van der Waals surface area contributed by atoms with Gasteiger partial charge in [0.25, 0.3) is 0 Å². The average molecular weight is 598 g/mol. The first-order valence-corrected chi connectivity index (χ1v) is 15.6. The highest BCUT2D eigenvalue weighted by molar-refractivity contribution is 6.14. The highest BCUT2D eigenvalue weighted by atomic mass is 16.5. The lowest BCUT2D eigenvalue weighted by molar-refractivity contribution is -0.123. The molecule has 2 aliphatic carbocycles. The average Bonchev–Trinajstić information content (AvgIpc) is 3.65. The number of fused-ring (bicyclic) bond motifs is 3. The van der Waals surface area contributed by atoms with Gasteiger partial charge in [-0.3, -0.25) is 18.6 Å². The Labute approximate surface area is 254 Å². The summed E-state index contributed by atoms with van der Waals surface area (Å²) in [5.74, 6) is 0.868. The molecule has 0 aliphatic heterocycles. The maximum atomic E-state index is 13.9. The summed E-state index contributed by atoms with van der Waals surface area (Å²) in [6, 6.07) is 8.54. The van der Waals surface area contributed by atoms with E-state index in [9.17, 15) is 14.7 Å². The third-order valence-electron chi connectivity index (χ3n) is 9.35. The Kier molecular flexibility index (Phi) is 7.28. The zero-order valence-corrected chi connectivity index (χ0v) is 25.5. The second-order valence-corrected chi connectivity index (χ2v) is 12.3. The number of H-pyrrole nitrogens is 1. The number of aromatic amines is 1. The quantitative estimate of drug-likeness (QED) is 0.233. The molecule has 5 aromatic rings. The molecule has 0 atom stereocenters. The molecule has 11 heteroatoms. The topological polar surface area (TPSA) is 132 Å². The standard InChI is InChI=1S/C33H39N7O4/c1-38-18-24(32(37-38)44-3)28-26(20-8-6-19(7-9-20)5-4-16-41)27-29-25(17-34-30(27)36-28)39(2)33(43)40(29)23-14-12-22(13-15-23)35-31(42)21-10-11-21/h6-9,17-18,21-23,41H,4-5,10-16H2,1-3H3,(H,34,36)(H,35,42). The Hall–Kier alpha value is -4.38. The number of imidazole rings is 1. The van der Waals surface area contributed by atoms with Crippen molar-refractivity contribution in [2.75, 3.05) is 13.7 Å². The number of aryl methyl sites for hydroxylation is 3. The van der Waals surface area contributed by atoms with Crippen molar-refractivity contribution in [3.05, 3.63) is 52.7 Å². The number of hydrogen-bond acceptors (Lipinski definition) is 6. The highest BCUT2D eigenvalue weighted by Crippen LogP contribution is 2.44. The van der Waals surface area contributed by atoms with Gasteiger partial charge in [-0.2, -0.15) is 0 Å². The van der Waals surface area contributed by atoms with Crippen molar-refractivity contribution in [1.82, 2.24) is 34.2 Å². The number of nitrogens with zero attached hydrogens (tertiary/aromatic N) is 5. The molecule has 0 saturated heterocycles. The molecule has 11 nitrogen and oxygen atoms in total. The van der Waals surface area contributed by atoms with Crippen LogP contribution in [0.25, 0.3) is 44.5 Å². The number of ether oxygens (including phenoxy) is 1. The Balaban J connectivity index is 1.39. The molecule has 2 aliphatic rings. The minimum Gasteiger partial charge on any atom is -0.479 e. The lowest BCUT2D eigenvalue weighted by atomic mass is 9.90. The number of benzene rings is 1. The Bertz CT molecular complexity index is 1900. The van der Waals surface area contributed by atoms with Crippen molar-refractivity contribution in [3.8, 4) is 28.3 Å². The van der Waals surface area contributed by atoms with Crippen LogP contribution in [0.4, 0.5) is 0 Å². The van der Waals surface area contributed by atoms with E-state index in [4.69, 9.17) is 9.72 Å². The second kappa shape index (κ2) is 11.3. The van der Waals surface area contributed by atoms with Gasteiger partial charge in [0.2, 0.25) is 11.8 Å². The summed E-state index contributed by atoms with van der Waals surface area (Å²) in [5.41, 5.74) is 6.94. The number of carbonyl (C=O) groups is 1. The molecule has 1 aromatic carbocycles. The molecule has 2 fully saturated rings. The first-order valence-electron chi connectivity index (χ1n) is 15.6. The van der Waals surface area contributed by atoms with E-state index in [0.29, 0.717) is 17.9 Å². The molecular formula is C33H39N7O4. The summed E-state index contributed by atoms with van der Waals surface area (Å²) in [6.07, 6.45) is 10.5. The van der Waals surface area contributed by atoms with Gasteiger partial charge < -0.3 is 20.1 Å². The molecule has 3 N–H and O–H groups in total. The van der Waals surface area contributed by atoms with Gasteiger partial charge in [-0.15, -0.1) is 5.10 Å². The summed E-state index contributed by atoms with van der Waals surface area (Å²) in [5, 5.41) is 18.0. The van der Waals surface area contributed by atoms with Crippen LogP contribution >= 0.6 is 0 Å². The number of aliphatic hydroxyl groups excluding tert-OH is 1. The number of hydrogen-bond donors (Lipinski definition) is 3. The molecule has 0 unspecified atom stereocenters. The Morgan fingerprint density at radius 2 is 1.86 bits per heavy atom. The van der Waals surface area contributed by atoms with Gasteiger partial charge in [-0.1, -0.05) is 24.3 Å². The Morgan fingerprint density at radius 1 is 1.11 bits per heavy atom. The molecule has 0 spiro atoms. The first-order chi connectivity index (χ1) is 21.4. The molecule has 0 radical (unpaired) electrons. The number of amides is 1. The number of rotatable bonds is 9. The van der Waals surface area contributed by atoms with Crippen molar-refractivity contribution in [2.24, 2.45) is 20.0 Å². The molecule has 230 valence electrons. The fraction of sp³-hybridized carbons (Fsp3) is 0.455. The van der Waals surface area contributed by atoms with Gasteiger partial charge in [0.15, 0.2) is 0 Å². The van der Waals surface area contributed by atoms with Gasteiger partial charge in [-0.25, -0.2) is 9.78 Å². The summed E-state index contributed by atoms with van der Waals surface area (Å²) < 4.78 is 11.1. The molecule has 4 heterocycles. The summed E-state index contributed by atoms with van der Waals surface area (Å²) in [7, 11) is 5.28. The summed E-state index contributed by atoms with van der Waals surface area (Å²) in [4.78, 5) is 34.7. The minimum absolute atomic E-state index is 0.00543. The molecule has 44 heavy (non-hydrogen) atoms. The van der Waals surface area contributed by atoms with E-state index in [0.717, 1.165) is 89.3 Å². The van der Waals surface area contributed by atoms with Crippen LogP contribution in [-0.4, -0.2) is 59.7 Å². The van der Waals surface area contributed by atoms with E-state index in [1.807, 2.05) is 24.9 Å². The van der Waals surface area contributed by atoms with Crippen LogP contribution in [0.1, 0.15) is 56.6 Å². The van der Waals surface area contributed by atoms with Gasteiger partial charge in [0, 0.05) is 50.5 Å². The number of aliphatic hydroxyl groups is 1. The minimum atomic E-state index is -0.0632. The van der Waals surface area contributed by atoms with Crippen LogP contribution in [0.3, 0.4) is 0 Å². The van der Waals surface area contributed by atoms with E-state index in [1.165, 1.54) is 0 Å². The first kappa shape index (κ1) is 28.4. The fourth-order valence-electron chi connectivity index (χ4n) is 6.86. The van der Waals surface area contributed by atoms with E-state index in [-0.39, 0.29) is 36.2 Å². The predicted molar refractivity (Wildman–Crippen MR) is 169 cm³/mol. The lowest BCUT2D eigenvalue weighted by Crippen LogP contribution is -2.39. The third kappa shape index (κ3) is 4.89. The van der Waals surface area contributed by atoms with Crippen LogP contribution < -0.4 is 15.7 Å². The summed E-state index contributed by atoms with van der Waals surface area (Å²) in [6.45, 7) is 0.152. The van der Waals surface area contributed by atoms with Crippen LogP contribution in [0.15, 0.2) is 41.5 Å². The molecule has 2 saturated carbocycles. The smallest absolute Gasteiger partial charge is 0.329 e. The molecule has 7 rings (SSSR count). The molecule has 0 bridgehead atoms. The van der Waals surface area contributed by atoms with E-state index < -0.39 is 0 Å². The normalized spacial score (nSPS) is 18.7. The zero-order valence-electron chi connectivity index (χ0n) is 25.5. The van der Waals surface area contributed by atoms with Crippen LogP contribution in [0.2, 0.25) is 0 Å². The Morgan fingerprint density at radius 3 is 2.55 bits per heavy atom. The molecule has 4 aromatic heterocycles. The summed E-state index contributed by atoms with van der Waals surface area (Å²) >= 11 is 0. The van der Waals surface area contributed by atoms with E-state index in [2.05, 4.69) is 39.7 Å². The van der Waals surface area contributed by atoms with Gasteiger partial charge in [0.05, 0.1) is 41.0 Å². The predicted octanol–water partition coefficient (Wildman–Crippen LogP) is 4.23. The van der Waals surface area contributed by atoms with E-state index >= 15 is 0 Å². The van der Waals surface area contributed by atoms with Crippen molar-refractivity contribution in [1.29, 1.82) is 0 Å². The van der Waals surface area contributed by atoms with Gasteiger partial charge >= 0.3 is 5.69 Å². The third-order valence-corrected chi connectivity index (χ3v) is 9.35. The highest BCUT2D eigenvalue weighted by Gasteiger charge is 2.34. The largest absolute Gasteiger partial charge is 0.479 e. The van der Waals surface area contributed by atoms with Gasteiger partial charge in [0.1, 0.15) is 5.65 Å². The second-order valence-electron chi connectivity index (χ2n) is 12.3. The van der Waals surface area contributed by atoms with Crippen molar-refractivity contribution >= 4 is 28.0 Å². The van der Waals surface area contributed by atoms with Crippen molar-refractivity contribution < 1.29 is 14.6 Å². The van der Waals surface area contributed by atoms with Crippen molar-refractivity contribution in [3.63, 3.8) is 0 Å². The lowest BCUT2D eigenvalue weighted by Gasteiger charge is -2.30. The number of methoxy groups -OCH3 is 1. The number of aromatic nitrogens is 6. The van der Waals surface area contributed by atoms with Crippen LogP contribution in [0.5, 0.6) is 5.88 Å². The number of pyridine rings is 1. The molecular weight excluding hydrogens is 558 g/mol.